The fourth-order valence-corrected chi connectivity index (χ4v) is 4.24. The zero-order valence-electron chi connectivity index (χ0n) is 22.1. The number of hydrogen-bond acceptors (Lipinski definition) is 2. The Labute approximate surface area is 216 Å². The third kappa shape index (κ3) is 8.08. The summed E-state index contributed by atoms with van der Waals surface area (Å²) in [5, 5.41) is 3.13. The van der Waals surface area contributed by atoms with E-state index in [0.717, 1.165) is 23.1 Å². The van der Waals surface area contributed by atoms with E-state index in [9.17, 15) is 9.59 Å². The van der Waals surface area contributed by atoms with Gasteiger partial charge in [0.15, 0.2) is 0 Å². The molecule has 4 heteroatoms. The molecule has 4 nitrogen and oxygen atoms in total. The van der Waals surface area contributed by atoms with E-state index in [-0.39, 0.29) is 17.9 Å². The summed E-state index contributed by atoms with van der Waals surface area (Å²) < 4.78 is 0. The lowest BCUT2D eigenvalue weighted by Crippen LogP contribution is -2.52. The zero-order chi connectivity index (χ0) is 25.9. The normalized spacial score (nSPS) is 12.7. The highest BCUT2D eigenvalue weighted by Gasteiger charge is 2.30. The zero-order valence-corrected chi connectivity index (χ0v) is 22.1. The Morgan fingerprint density at radius 1 is 0.778 bits per heavy atom. The largest absolute Gasteiger partial charge is 0.352 e. The smallest absolute Gasteiger partial charge is 0.243 e. The number of carbonyl (C=O) groups is 2. The van der Waals surface area contributed by atoms with Gasteiger partial charge in [-0.05, 0) is 47.9 Å². The van der Waals surface area contributed by atoms with Gasteiger partial charge in [-0.3, -0.25) is 9.59 Å². The van der Waals surface area contributed by atoms with Crippen LogP contribution in [0, 0.1) is 0 Å². The minimum Gasteiger partial charge on any atom is -0.352 e. The van der Waals surface area contributed by atoms with E-state index in [0.29, 0.717) is 31.7 Å². The molecule has 0 aliphatic carbocycles. The number of amides is 2. The Balaban J connectivity index is 1.86. The molecule has 190 valence electrons. The van der Waals surface area contributed by atoms with E-state index >= 15 is 0 Å². The second-order valence-electron chi connectivity index (χ2n) is 9.93. The van der Waals surface area contributed by atoms with Crippen molar-refractivity contribution in [2.75, 3.05) is 0 Å². The SMILES string of the molecule is CC[C@@H](C)NC(=O)[C@@H](Cc1ccccc1)N(Cc1ccccc1)C(=O)CCc1ccc(C(C)C)cc1. The summed E-state index contributed by atoms with van der Waals surface area (Å²) in [6, 6.07) is 27.9. The first-order valence-corrected chi connectivity index (χ1v) is 13.1. The van der Waals surface area contributed by atoms with E-state index in [2.05, 4.69) is 50.4 Å². The molecule has 1 N–H and O–H groups in total. The Hall–Kier alpha value is -3.40. The standard InChI is InChI=1S/C32H40N2O2/c1-5-25(4)33-32(36)30(22-27-12-8-6-9-13-27)34(23-28-14-10-7-11-15-28)31(35)21-18-26-16-19-29(20-17-26)24(2)3/h6-17,19-20,24-25,30H,5,18,21-23H2,1-4H3,(H,33,36)/t25-,30-/m1/s1. The van der Waals surface area contributed by atoms with Gasteiger partial charge in [0.2, 0.25) is 11.8 Å². The number of nitrogens with one attached hydrogen (secondary N) is 1. The number of nitrogens with zero attached hydrogens (tertiary/aromatic N) is 1. The lowest BCUT2D eigenvalue weighted by molar-refractivity contribution is -0.141. The molecule has 0 unspecified atom stereocenters. The predicted molar refractivity (Wildman–Crippen MR) is 148 cm³/mol. The average molecular weight is 485 g/mol. The minimum atomic E-state index is -0.586. The monoisotopic (exact) mass is 484 g/mol. The fourth-order valence-electron chi connectivity index (χ4n) is 4.24. The summed E-state index contributed by atoms with van der Waals surface area (Å²) in [5.41, 5.74) is 4.48. The highest BCUT2D eigenvalue weighted by atomic mass is 16.2. The summed E-state index contributed by atoms with van der Waals surface area (Å²) >= 11 is 0. The van der Waals surface area contributed by atoms with Crippen molar-refractivity contribution in [1.82, 2.24) is 10.2 Å². The van der Waals surface area contributed by atoms with Gasteiger partial charge >= 0.3 is 0 Å². The van der Waals surface area contributed by atoms with Gasteiger partial charge in [-0.2, -0.15) is 0 Å². The van der Waals surface area contributed by atoms with Gasteiger partial charge in [0.05, 0.1) is 0 Å². The number of rotatable bonds is 12. The van der Waals surface area contributed by atoms with Crippen molar-refractivity contribution in [3.63, 3.8) is 0 Å². The van der Waals surface area contributed by atoms with Crippen molar-refractivity contribution in [2.24, 2.45) is 0 Å². The third-order valence-electron chi connectivity index (χ3n) is 6.74. The van der Waals surface area contributed by atoms with Gasteiger partial charge in [0.1, 0.15) is 6.04 Å². The highest BCUT2D eigenvalue weighted by Crippen LogP contribution is 2.19. The second-order valence-corrected chi connectivity index (χ2v) is 9.93. The fraction of sp³-hybridized carbons (Fsp3) is 0.375. The molecule has 0 radical (unpaired) electrons. The number of benzene rings is 3. The molecular formula is C32H40N2O2. The molecule has 0 bridgehead atoms. The predicted octanol–water partition coefficient (Wildman–Crippen LogP) is 6.30. The molecule has 0 fully saturated rings. The van der Waals surface area contributed by atoms with Gasteiger partial charge < -0.3 is 10.2 Å². The van der Waals surface area contributed by atoms with Gasteiger partial charge in [0.25, 0.3) is 0 Å². The topological polar surface area (TPSA) is 49.4 Å². The minimum absolute atomic E-state index is 0.00739. The van der Waals surface area contributed by atoms with Gasteiger partial charge in [-0.25, -0.2) is 0 Å². The van der Waals surface area contributed by atoms with Crippen LogP contribution in [0.4, 0.5) is 0 Å². The van der Waals surface area contributed by atoms with Crippen LogP contribution in [0.15, 0.2) is 84.9 Å². The Kier molecular flexibility index (Phi) is 10.3. The maximum Gasteiger partial charge on any atom is 0.243 e. The van der Waals surface area contributed by atoms with Crippen LogP contribution in [0.1, 0.15) is 68.7 Å². The highest BCUT2D eigenvalue weighted by molar-refractivity contribution is 5.88. The van der Waals surface area contributed by atoms with Crippen molar-refractivity contribution in [1.29, 1.82) is 0 Å². The Morgan fingerprint density at radius 2 is 1.36 bits per heavy atom. The van der Waals surface area contributed by atoms with Crippen LogP contribution in [0.5, 0.6) is 0 Å². The Bertz CT molecular complexity index is 1080. The average Bonchev–Trinajstić information content (AvgIpc) is 2.90. The first kappa shape index (κ1) is 27.2. The number of aryl methyl sites for hydroxylation is 1. The van der Waals surface area contributed by atoms with E-state index in [1.807, 2.05) is 67.6 Å². The van der Waals surface area contributed by atoms with Crippen molar-refractivity contribution >= 4 is 11.8 Å². The lowest BCUT2D eigenvalue weighted by atomic mass is 9.99. The van der Waals surface area contributed by atoms with E-state index in [4.69, 9.17) is 0 Å². The molecular weight excluding hydrogens is 444 g/mol. The summed E-state index contributed by atoms with van der Waals surface area (Å²) in [7, 11) is 0. The maximum atomic E-state index is 13.7. The van der Waals surface area contributed by atoms with Gasteiger partial charge in [-0.15, -0.1) is 0 Å². The quantitative estimate of drug-likeness (QED) is 0.328. The summed E-state index contributed by atoms with van der Waals surface area (Å²) in [4.78, 5) is 29.0. The lowest BCUT2D eigenvalue weighted by Gasteiger charge is -2.32. The van der Waals surface area contributed by atoms with Gasteiger partial charge in [-0.1, -0.05) is 106 Å². The van der Waals surface area contributed by atoms with Crippen LogP contribution in [0.25, 0.3) is 0 Å². The molecule has 3 rings (SSSR count). The number of hydrogen-bond donors (Lipinski definition) is 1. The summed E-state index contributed by atoms with van der Waals surface area (Å²) in [6.45, 7) is 8.81. The summed E-state index contributed by atoms with van der Waals surface area (Å²) in [6.07, 6.45) is 2.32. The first-order chi connectivity index (χ1) is 17.4. The first-order valence-electron chi connectivity index (χ1n) is 13.1. The van der Waals surface area contributed by atoms with Crippen molar-refractivity contribution < 1.29 is 9.59 Å². The van der Waals surface area contributed by atoms with Crippen LogP contribution in [-0.4, -0.2) is 28.8 Å². The molecule has 3 aromatic carbocycles. The van der Waals surface area contributed by atoms with Crippen LogP contribution < -0.4 is 5.32 Å². The molecule has 0 aliphatic heterocycles. The molecule has 2 amide bonds. The van der Waals surface area contributed by atoms with Crippen LogP contribution in [-0.2, 0) is 29.0 Å². The molecule has 0 heterocycles. The van der Waals surface area contributed by atoms with Crippen molar-refractivity contribution in [3.05, 3.63) is 107 Å². The molecule has 36 heavy (non-hydrogen) atoms. The molecule has 0 saturated heterocycles. The molecule has 0 aliphatic rings. The van der Waals surface area contributed by atoms with Crippen molar-refractivity contribution in [2.45, 2.75) is 77.9 Å². The second kappa shape index (κ2) is 13.6. The Morgan fingerprint density at radius 3 is 1.92 bits per heavy atom. The number of carbonyl (C=O) groups excluding carboxylic acids is 2. The van der Waals surface area contributed by atoms with E-state index in [1.54, 1.807) is 4.90 Å². The summed E-state index contributed by atoms with van der Waals surface area (Å²) in [5.74, 6) is 0.371. The molecule has 0 aromatic heterocycles. The van der Waals surface area contributed by atoms with Crippen molar-refractivity contribution in [3.8, 4) is 0 Å². The maximum absolute atomic E-state index is 13.7. The molecule has 3 aromatic rings. The van der Waals surface area contributed by atoms with E-state index in [1.165, 1.54) is 5.56 Å². The molecule has 0 saturated carbocycles. The van der Waals surface area contributed by atoms with Crippen LogP contribution >= 0.6 is 0 Å². The molecule has 2 atom stereocenters. The van der Waals surface area contributed by atoms with Crippen LogP contribution in [0.3, 0.4) is 0 Å². The van der Waals surface area contributed by atoms with E-state index < -0.39 is 6.04 Å². The third-order valence-corrected chi connectivity index (χ3v) is 6.74. The van der Waals surface area contributed by atoms with Crippen LogP contribution in [0.2, 0.25) is 0 Å². The van der Waals surface area contributed by atoms with Gasteiger partial charge in [0, 0.05) is 25.4 Å². The molecule has 0 spiro atoms.